The average molecular weight is 577 g/mol. The number of nitrogens with zero attached hydrogens (tertiary/aromatic N) is 1. The molecule has 1 heterocycles. The molecule has 0 aliphatic heterocycles. The van der Waals surface area contributed by atoms with Crippen LogP contribution in [0.25, 0.3) is 0 Å². The Morgan fingerprint density at radius 3 is 2.29 bits per heavy atom. The van der Waals surface area contributed by atoms with Gasteiger partial charge in [0.25, 0.3) is 5.91 Å². The number of carbonyl (C=O) groups excluding carboxylic acids is 1. The van der Waals surface area contributed by atoms with Gasteiger partial charge in [-0.25, -0.2) is 4.79 Å². The van der Waals surface area contributed by atoms with E-state index >= 15 is 0 Å². The lowest BCUT2D eigenvalue weighted by Crippen LogP contribution is -2.69. The lowest BCUT2D eigenvalue weighted by Gasteiger charge is -2.73. The number of rotatable bonds is 4. The summed E-state index contributed by atoms with van der Waals surface area (Å²) < 4.78 is 5.49. The molecular formula is C36H52N2O4. The van der Waals surface area contributed by atoms with Crippen LogP contribution < -0.4 is 5.32 Å². The molecule has 6 nitrogen and oxygen atoms in total. The molecule has 5 aliphatic carbocycles. The van der Waals surface area contributed by atoms with Gasteiger partial charge in [0, 0.05) is 28.9 Å². The monoisotopic (exact) mass is 576 g/mol. The third-order valence-corrected chi connectivity index (χ3v) is 14.6. The maximum Gasteiger partial charge on any atom is 0.506 e. The van der Waals surface area contributed by atoms with Gasteiger partial charge in [-0.3, -0.25) is 9.78 Å². The number of carboxylic acid groups (broad SMARTS) is 1. The summed E-state index contributed by atoms with van der Waals surface area (Å²) in [5.74, 6) is 2.44. The van der Waals surface area contributed by atoms with Gasteiger partial charge in [-0.2, -0.15) is 0 Å². The predicted octanol–water partition coefficient (Wildman–Crippen LogP) is 8.28. The molecule has 5 saturated carbocycles. The third-order valence-electron chi connectivity index (χ3n) is 14.6. The van der Waals surface area contributed by atoms with Crippen LogP contribution in [0.3, 0.4) is 0 Å². The van der Waals surface area contributed by atoms with E-state index < -0.39 is 6.16 Å². The van der Waals surface area contributed by atoms with Crippen molar-refractivity contribution >= 4 is 12.1 Å². The number of nitrogens with one attached hydrogen (secondary N) is 1. The number of ether oxygens (including phenoxy) is 1. The predicted molar refractivity (Wildman–Crippen MR) is 164 cm³/mol. The smallest absolute Gasteiger partial charge is 0.450 e. The van der Waals surface area contributed by atoms with E-state index in [9.17, 15) is 14.7 Å². The first-order valence-electron chi connectivity index (χ1n) is 16.5. The second-order valence-electron chi connectivity index (χ2n) is 16.3. The van der Waals surface area contributed by atoms with Crippen molar-refractivity contribution in [1.82, 2.24) is 10.3 Å². The first-order valence-corrected chi connectivity index (χ1v) is 16.5. The number of hydrogen-bond donors (Lipinski definition) is 2. The minimum atomic E-state index is -1.14. The highest BCUT2D eigenvalue weighted by Gasteiger charge is 2.71. The normalized spacial score (nSPS) is 45.4. The summed E-state index contributed by atoms with van der Waals surface area (Å²) >= 11 is 0. The van der Waals surface area contributed by atoms with E-state index in [1.807, 2.05) is 12.1 Å². The lowest BCUT2D eigenvalue weighted by atomic mass is 9.32. The fourth-order valence-corrected chi connectivity index (χ4v) is 12.5. The summed E-state index contributed by atoms with van der Waals surface area (Å²) in [7, 11) is 0. The topological polar surface area (TPSA) is 88.5 Å². The van der Waals surface area contributed by atoms with Crippen LogP contribution >= 0.6 is 0 Å². The molecule has 0 radical (unpaired) electrons. The maximum atomic E-state index is 13.6. The Balaban J connectivity index is 1.34. The molecule has 1 aromatic heterocycles. The largest absolute Gasteiger partial charge is 0.506 e. The molecule has 5 aliphatic rings. The Morgan fingerprint density at radius 2 is 1.62 bits per heavy atom. The summed E-state index contributed by atoms with van der Waals surface area (Å²) in [6.45, 7) is 19.0. The number of allylic oxidation sites excluding steroid dienone is 1. The van der Waals surface area contributed by atoms with Crippen LogP contribution in [0.5, 0.6) is 0 Å². The Labute approximate surface area is 252 Å². The SMILES string of the molecule is C=C(C)[C@@H]1CC[C@]2(NC(=O)c3ccncc3)CC[C@]3(C)[C@H](CC[C@@H]4[C@@]5(C)CC[C@H](OC(=O)O)C(C)(C)[C@@H]5CC[C@]43C)[C@@H]12. The lowest BCUT2D eigenvalue weighted by molar-refractivity contribution is -0.243. The first-order chi connectivity index (χ1) is 19.7. The van der Waals surface area contributed by atoms with E-state index in [2.05, 4.69) is 58.4 Å². The summed E-state index contributed by atoms with van der Waals surface area (Å²) in [6.07, 6.45) is 12.8. The number of fused-ring (bicyclic) bond motifs is 7. The zero-order valence-corrected chi connectivity index (χ0v) is 26.7. The van der Waals surface area contributed by atoms with Crippen LogP contribution in [-0.2, 0) is 4.74 Å². The van der Waals surface area contributed by atoms with Crippen molar-refractivity contribution in [2.45, 2.75) is 117 Å². The molecule has 6 rings (SSSR count). The summed E-state index contributed by atoms with van der Waals surface area (Å²) in [5.41, 5.74) is 2.13. The minimum absolute atomic E-state index is 0.0313. The molecule has 0 bridgehead atoms. The Hall–Kier alpha value is -2.37. The molecule has 230 valence electrons. The van der Waals surface area contributed by atoms with Crippen molar-refractivity contribution in [3.05, 3.63) is 42.2 Å². The Bertz CT molecular complexity index is 1260. The summed E-state index contributed by atoms with van der Waals surface area (Å²) in [4.78, 5) is 29.3. The molecule has 6 heteroatoms. The number of carbonyl (C=O) groups is 2. The quantitative estimate of drug-likeness (QED) is 0.278. The number of aromatic nitrogens is 1. The first kappa shape index (κ1) is 29.7. The fourth-order valence-electron chi connectivity index (χ4n) is 12.5. The second kappa shape index (κ2) is 9.82. The van der Waals surface area contributed by atoms with Gasteiger partial charge in [0.1, 0.15) is 6.10 Å². The molecule has 2 N–H and O–H groups in total. The second-order valence-corrected chi connectivity index (χ2v) is 16.3. The van der Waals surface area contributed by atoms with Crippen molar-refractivity contribution in [3.63, 3.8) is 0 Å². The van der Waals surface area contributed by atoms with Gasteiger partial charge in [-0.1, -0.05) is 46.8 Å². The molecule has 10 atom stereocenters. The van der Waals surface area contributed by atoms with E-state index in [1.165, 1.54) is 24.8 Å². The van der Waals surface area contributed by atoms with E-state index in [0.29, 0.717) is 35.2 Å². The molecule has 5 fully saturated rings. The fraction of sp³-hybridized carbons (Fsp3) is 0.750. The number of amides is 1. The van der Waals surface area contributed by atoms with Gasteiger partial charge >= 0.3 is 6.16 Å². The van der Waals surface area contributed by atoms with E-state index in [-0.39, 0.29) is 39.2 Å². The standard InChI is InChI=1S/C36H52N2O4/c1-22(2)24-10-17-36(38-30(39)23-13-20-37-21-14-23)19-18-34(6)25(29(24)36)8-9-27-33(5)15-12-28(42-31(40)41)32(3,4)26(33)11-16-35(27,34)7/h13-14,20-21,24-29H,1,8-12,15-19H2,2-7H3,(H,38,39)(H,40,41)/t24-,25+,26-,27+,28-,29+,33-,34+,35+,36-/m0/s1. The zero-order valence-electron chi connectivity index (χ0n) is 26.7. The van der Waals surface area contributed by atoms with E-state index in [4.69, 9.17) is 4.74 Å². The van der Waals surface area contributed by atoms with Crippen molar-refractivity contribution in [2.24, 2.45) is 51.2 Å². The van der Waals surface area contributed by atoms with Gasteiger partial charge in [-0.05, 0) is 129 Å². The van der Waals surface area contributed by atoms with Gasteiger partial charge in [0.05, 0.1) is 0 Å². The Morgan fingerprint density at radius 1 is 0.905 bits per heavy atom. The van der Waals surface area contributed by atoms with E-state index in [0.717, 1.165) is 44.9 Å². The van der Waals surface area contributed by atoms with Crippen molar-refractivity contribution < 1.29 is 19.4 Å². The molecule has 42 heavy (non-hydrogen) atoms. The van der Waals surface area contributed by atoms with Crippen LogP contribution in [0.2, 0.25) is 0 Å². The van der Waals surface area contributed by atoms with Gasteiger partial charge in [-0.15, -0.1) is 0 Å². The number of hydrogen-bond acceptors (Lipinski definition) is 4. The third kappa shape index (κ3) is 4.05. The minimum Gasteiger partial charge on any atom is -0.450 e. The average Bonchev–Trinajstić information content (AvgIpc) is 3.31. The molecular weight excluding hydrogens is 524 g/mol. The molecule has 0 unspecified atom stereocenters. The van der Waals surface area contributed by atoms with Crippen LogP contribution in [0.4, 0.5) is 4.79 Å². The molecule has 0 saturated heterocycles. The molecule has 1 amide bonds. The van der Waals surface area contributed by atoms with Crippen molar-refractivity contribution in [3.8, 4) is 0 Å². The van der Waals surface area contributed by atoms with Gasteiger partial charge in [0.2, 0.25) is 0 Å². The van der Waals surface area contributed by atoms with Gasteiger partial charge < -0.3 is 15.2 Å². The summed E-state index contributed by atoms with van der Waals surface area (Å²) in [5, 5.41) is 13.1. The zero-order chi connectivity index (χ0) is 30.3. The molecule has 1 aromatic rings. The van der Waals surface area contributed by atoms with Gasteiger partial charge in [0.15, 0.2) is 0 Å². The van der Waals surface area contributed by atoms with Crippen LogP contribution in [0.15, 0.2) is 36.7 Å². The van der Waals surface area contributed by atoms with E-state index in [1.54, 1.807) is 12.4 Å². The van der Waals surface area contributed by atoms with Crippen LogP contribution in [0.1, 0.15) is 116 Å². The summed E-state index contributed by atoms with van der Waals surface area (Å²) in [6, 6.07) is 3.64. The highest BCUT2D eigenvalue weighted by atomic mass is 16.7. The van der Waals surface area contributed by atoms with Crippen LogP contribution in [0, 0.1) is 51.2 Å². The van der Waals surface area contributed by atoms with Crippen molar-refractivity contribution in [1.29, 1.82) is 0 Å². The van der Waals surface area contributed by atoms with Crippen molar-refractivity contribution in [2.75, 3.05) is 0 Å². The molecule has 0 aromatic carbocycles. The van der Waals surface area contributed by atoms with Crippen LogP contribution in [-0.4, -0.2) is 33.8 Å². The highest BCUT2D eigenvalue weighted by Crippen LogP contribution is 2.76. The number of pyridine rings is 1. The Kier molecular flexibility index (Phi) is 6.94. The molecule has 0 spiro atoms. The maximum absolute atomic E-state index is 13.6. The highest BCUT2D eigenvalue weighted by molar-refractivity contribution is 5.94.